The number of hydrogen-bond acceptors (Lipinski definition) is 3. The normalized spacial score (nSPS) is 19.7. The Morgan fingerprint density at radius 2 is 2.17 bits per heavy atom. The smallest absolute Gasteiger partial charge is 0.219 e. The van der Waals surface area contributed by atoms with Gasteiger partial charge in [-0.2, -0.15) is 0 Å². The average Bonchev–Trinajstić information content (AvgIpc) is 2.40. The number of hydrogen-bond donors (Lipinski definition) is 1. The molecule has 4 nitrogen and oxygen atoms in total. The van der Waals surface area contributed by atoms with Gasteiger partial charge in [0.15, 0.2) is 0 Å². The van der Waals surface area contributed by atoms with E-state index in [1.54, 1.807) is 14.0 Å². The lowest BCUT2D eigenvalue weighted by molar-refractivity contribution is -0.130. The number of methoxy groups -OCH3 is 1. The van der Waals surface area contributed by atoms with Crippen LogP contribution in [-0.2, 0) is 11.2 Å². The molecule has 1 N–H and O–H groups in total. The number of benzene rings is 1. The maximum atomic E-state index is 11.4. The van der Waals surface area contributed by atoms with E-state index < -0.39 is 0 Å². The van der Waals surface area contributed by atoms with Crippen molar-refractivity contribution in [2.45, 2.75) is 19.4 Å². The van der Waals surface area contributed by atoms with Crippen molar-refractivity contribution in [3.63, 3.8) is 0 Å². The van der Waals surface area contributed by atoms with E-state index in [9.17, 15) is 4.79 Å². The lowest BCUT2D eigenvalue weighted by Crippen LogP contribution is -2.52. The first-order chi connectivity index (χ1) is 8.69. The number of nitrogens with one attached hydrogen (secondary N) is 1. The molecule has 1 aromatic rings. The Bertz CT molecular complexity index is 403. The van der Waals surface area contributed by atoms with Crippen LogP contribution in [-0.4, -0.2) is 43.6 Å². The van der Waals surface area contributed by atoms with Gasteiger partial charge < -0.3 is 15.0 Å². The molecule has 0 aliphatic carbocycles. The molecule has 0 bridgehead atoms. The van der Waals surface area contributed by atoms with Crippen LogP contribution in [0.15, 0.2) is 24.3 Å². The summed E-state index contributed by atoms with van der Waals surface area (Å²) in [5.74, 6) is 1.04. The maximum Gasteiger partial charge on any atom is 0.219 e. The van der Waals surface area contributed by atoms with Crippen LogP contribution in [0.4, 0.5) is 0 Å². The molecule has 2 rings (SSSR count). The quantitative estimate of drug-likeness (QED) is 0.869. The molecule has 1 aromatic carbocycles. The third-order valence-electron chi connectivity index (χ3n) is 3.34. The van der Waals surface area contributed by atoms with Crippen molar-refractivity contribution in [3.05, 3.63) is 29.8 Å². The van der Waals surface area contributed by atoms with Gasteiger partial charge >= 0.3 is 0 Å². The summed E-state index contributed by atoms with van der Waals surface area (Å²) in [4.78, 5) is 13.3. The van der Waals surface area contributed by atoms with Crippen LogP contribution in [0, 0.1) is 0 Å². The summed E-state index contributed by atoms with van der Waals surface area (Å²) in [5.41, 5.74) is 1.26. The van der Waals surface area contributed by atoms with Crippen LogP contribution >= 0.6 is 0 Å². The van der Waals surface area contributed by atoms with Crippen molar-refractivity contribution < 1.29 is 9.53 Å². The van der Waals surface area contributed by atoms with E-state index >= 15 is 0 Å². The lowest BCUT2D eigenvalue weighted by Gasteiger charge is -2.33. The molecule has 1 saturated heterocycles. The summed E-state index contributed by atoms with van der Waals surface area (Å²) in [6.07, 6.45) is 0.938. The Morgan fingerprint density at radius 3 is 2.78 bits per heavy atom. The molecule has 0 radical (unpaired) electrons. The standard InChI is InChI=1S/C14H20N2O2/c1-11(17)16-8-7-15-13(10-16)9-12-3-5-14(18-2)6-4-12/h3-6,13,15H,7-10H2,1-2H3. The molecule has 1 fully saturated rings. The van der Waals surface area contributed by atoms with Gasteiger partial charge in [-0.15, -0.1) is 0 Å². The Balaban J connectivity index is 1.93. The zero-order chi connectivity index (χ0) is 13.0. The zero-order valence-electron chi connectivity index (χ0n) is 11.0. The van der Waals surface area contributed by atoms with Crippen molar-refractivity contribution in [1.29, 1.82) is 0 Å². The van der Waals surface area contributed by atoms with Gasteiger partial charge in [-0.1, -0.05) is 12.1 Å². The molecule has 1 atom stereocenters. The van der Waals surface area contributed by atoms with E-state index in [0.717, 1.165) is 31.8 Å². The maximum absolute atomic E-state index is 11.4. The molecule has 1 aliphatic rings. The van der Waals surface area contributed by atoms with E-state index in [1.807, 2.05) is 17.0 Å². The van der Waals surface area contributed by atoms with Crippen LogP contribution in [0.1, 0.15) is 12.5 Å². The van der Waals surface area contributed by atoms with Crippen molar-refractivity contribution >= 4 is 5.91 Å². The molecule has 98 valence electrons. The highest BCUT2D eigenvalue weighted by Crippen LogP contribution is 2.13. The van der Waals surface area contributed by atoms with Gasteiger partial charge in [-0.25, -0.2) is 0 Å². The first kappa shape index (κ1) is 12.9. The molecule has 0 saturated carbocycles. The largest absolute Gasteiger partial charge is 0.497 e. The number of carbonyl (C=O) groups excluding carboxylic acids is 1. The van der Waals surface area contributed by atoms with Gasteiger partial charge in [0.1, 0.15) is 5.75 Å². The average molecular weight is 248 g/mol. The van der Waals surface area contributed by atoms with Crippen LogP contribution in [0.5, 0.6) is 5.75 Å². The van der Waals surface area contributed by atoms with Gasteiger partial charge in [0.25, 0.3) is 0 Å². The predicted octanol–water partition coefficient (Wildman–Crippen LogP) is 1.06. The Morgan fingerprint density at radius 1 is 1.44 bits per heavy atom. The molecule has 0 aromatic heterocycles. The van der Waals surface area contributed by atoms with Crippen molar-refractivity contribution in [1.82, 2.24) is 10.2 Å². The summed E-state index contributed by atoms with van der Waals surface area (Å²) in [6, 6.07) is 8.44. The molecule has 0 spiro atoms. The minimum absolute atomic E-state index is 0.163. The number of amides is 1. The van der Waals surface area contributed by atoms with Gasteiger partial charge in [-0.05, 0) is 24.1 Å². The van der Waals surface area contributed by atoms with Crippen LogP contribution in [0.25, 0.3) is 0 Å². The molecule has 1 heterocycles. The lowest BCUT2D eigenvalue weighted by atomic mass is 10.0. The molecular formula is C14H20N2O2. The second-order valence-electron chi connectivity index (χ2n) is 4.67. The minimum atomic E-state index is 0.163. The SMILES string of the molecule is COc1ccc(CC2CN(C(C)=O)CCN2)cc1. The van der Waals surface area contributed by atoms with Crippen molar-refractivity contribution in [2.75, 3.05) is 26.7 Å². The van der Waals surface area contributed by atoms with E-state index in [1.165, 1.54) is 5.56 Å². The van der Waals surface area contributed by atoms with Crippen LogP contribution < -0.4 is 10.1 Å². The number of carbonyl (C=O) groups is 1. The van der Waals surface area contributed by atoms with Crippen molar-refractivity contribution in [2.24, 2.45) is 0 Å². The first-order valence-corrected chi connectivity index (χ1v) is 6.31. The summed E-state index contributed by atoms with van der Waals surface area (Å²) in [6.45, 7) is 4.12. The molecule has 1 aliphatic heterocycles. The van der Waals surface area contributed by atoms with Crippen LogP contribution in [0.3, 0.4) is 0 Å². The van der Waals surface area contributed by atoms with Gasteiger partial charge in [0, 0.05) is 32.6 Å². The molecule has 1 amide bonds. The molecule has 18 heavy (non-hydrogen) atoms. The van der Waals surface area contributed by atoms with Crippen LogP contribution in [0.2, 0.25) is 0 Å². The third kappa shape index (κ3) is 3.23. The Kier molecular flexibility index (Phi) is 4.20. The van der Waals surface area contributed by atoms with Gasteiger partial charge in [-0.3, -0.25) is 4.79 Å². The Labute approximate surface area is 108 Å². The highest BCUT2D eigenvalue weighted by molar-refractivity contribution is 5.73. The third-order valence-corrected chi connectivity index (χ3v) is 3.34. The van der Waals surface area contributed by atoms with E-state index in [-0.39, 0.29) is 5.91 Å². The topological polar surface area (TPSA) is 41.6 Å². The molecule has 1 unspecified atom stereocenters. The highest BCUT2D eigenvalue weighted by atomic mass is 16.5. The van der Waals surface area contributed by atoms with E-state index in [2.05, 4.69) is 17.4 Å². The fourth-order valence-electron chi connectivity index (χ4n) is 2.29. The summed E-state index contributed by atoms with van der Waals surface area (Å²) < 4.78 is 5.14. The second kappa shape index (κ2) is 5.87. The van der Waals surface area contributed by atoms with E-state index in [4.69, 9.17) is 4.74 Å². The second-order valence-corrected chi connectivity index (χ2v) is 4.67. The highest BCUT2D eigenvalue weighted by Gasteiger charge is 2.20. The number of ether oxygens (including phenoxy) is 1. The summed E-state index contributed by atoms with van der Waals surface area (Å²) in [5, 5.41) is 3.46. The Hall–Kier alpha value is -1.55. The number of rotatable bonds is 3. The minimum Gasteiger partial charge on any atom is -0.497 e. The first-order valence-electron chi connectivity index (χ1n) is 6.31. The zero-order valence-corrected chi connectivity index (χ0v) is 11.0. The number of piperazine rings is 1. The van der Waals surface area contributed by atoms with Gasteiger partial charge in [0.2, 0.25) is 5.91 Å². The molecular weight excluding hydrogens is 228 g/mol. The summed E-state index contributed by atoms with van der Waals surface area (Å²) >= 11 is 0. The van der Waals surface area contributed by atoms with E-state index in [0.29, 0.717) is 6.04 Å². The number of nitrogens with zero attached hydrogens (tertiary/aromatic N) is 1. The van der Waals surface area contributed by atoms with Crippen molar-refractivity contribution in [3.8, 4) is 5.75 Å². The monoisotopic (exact) mass is 248 g/mol. The predicted molar refractivity (Wildman–Crippen MR) is 70.7 cm³/mol. The van der Waals surface area contributed by atoms with Gasteiger partial charge in [0.05, 0.1) is 7.11 Å². The fourth-order valence-corrected chi connectivity index (χ4v) is 2.29. The fraction of sp³-hybridized carbons (Fsp3) is 0.500. The molecule has 4 heteroatoms. The summed E-state index contributed by atoms with van der Waals surface area (Å²) in [7, 11) is 1.67.